The highest BCUT2D eigenvalue weighted by Crippen LogP contribution is 2.32. The zero-order chi connectivity index (χ0) is 20.6. The molecule has 0 N–H and O–H groups in total. The smallest absolute Gasteiger partial charge is 0.399 e. The molecule has 6 heteroatoms. The van der Waals surface area contributed by atoms with Crippen LogP contribution in [0.2, 0.25) is 0 Å². The minimum Gasteiger partial charge on any atom is -0.399 e. The zero-order valence-corrected chi connectivity index (χ0v) is 15.9. The summed E-state index contributed by atoms with van der Waals surface area (Å²) < 4.78 is 67.0. The molecule has 1 aliphatic rings. The van der Waals surface area contributed by atoms with E-state index in [0.29, 0.717) is 5.92 Å². The van der Waals surface area contributed by atoms with Crippen molar-refractivity contribution in [3.63, 3.8) is 0 Å². The summed E-state index contributed by atoms with van der Waals surface area (Å²) >= 11 is 0. The molecule has 1 aliphatic carbocycles. The molecule has 1 aromatic rings. The van der Waals surface area contributed by atoms with E-state index in [1.165, 1.54) is 38.5 Å². The van der Waals surface area contributed by atoms with Gasteiger partial charge in [-0.15, -0.1) is 13.2 Å². The molecule has 0 aromatic heterocycles. The van der Waals surface area contributed by atoms with Crippen molar-refractivity contribution in [2.45, 2.75) is 64.7 Å². The molecule has 0 spiro atoms. The van der Waals surface area contributed by atoms with Gasteiger partial charge in [-0.1, -0.05) is 50.5 Å². The molecular formula is C22H25F5O. The first-order chi connectivity index (χ1) is 13.3. The predicted octanol–water partition coefficient (Wildman–Crippen LogP) is 7.16. The van der Waals surface area contributed by atoms with Crippen molar-refractivity contribution in [2.75, 3.05) is 0 Å². The molecule has 0 saturated heterocycles. The molecule has 2 rings (SSSR count). The molecule has 0 amide bonds. The van der Waals surface area contributed by atoms with Crippen LogP contribution in [0.1, 0.15) is 63.9 Å². The maximum absolute atomic E-state index is 13.6. The van der Waals surface area contributed by atoms with Gasteiger partial charge in [0.05, 0.1) is 0 Å². The fraction of sp³-hybridized carbons (Fsp3) is 0.545. The van der Waals surface area contributed by atoms with Crippen LogP contribution in [0.4, 0.5) is 22.0 Å². The first-order valence-corrected chi connectivity index (χ1v) is 9.71. The number of hydrogen-bond donors (Lipinski definition) is 0. The lowest BCUT2D eigenvalue weighted by Gasteiger charge is -2.26. The number of allylic oxidation sites excluding steroid dienone is 2. The van der Waals surface area contributed by atoms with Gasteiger partial charge in [-0.2, -0.15) is 0 Å². The SMILES string of the molecule is CCCCC[C@H]1CC[C@H](/C=C/C#Cc2cc(F)c(OC(F)(F)F)c(F)c2)CC1. The van der Waals surface area contributed by atoms with E-state index in [9.17, 15) is 22.0 Å². The van der Waals surface area contributed by atoms with Crippen molar-refractivity contribution in [3.8, 4) is 17.6 Å². The average Bonchev–Trinajstić information content (AvgIpc) is 2.62. The van der Waals surface area contributed by atoms with Crippen LogP contribution in [0.15, 0.2) is 24.3 Å². The van der Waals surface area contributed by atoms with Gasteiger partial charge in [-0.05, 0) is 55.7 Å². The van der Waals surface area contributed by atoms with Crippen molar-refractivity contribution in [3.05, 3.63) is 41.5 Å². The van der Waals surface area contributed by atoms with Gasteiger partial charge in [0, 0.05) is 5.56 Å². The minimum absolute atomic E-state index is 0.0474. The lowest BCUT2D eigenvalue weighted by atomic mass is 9.79. The Morgan fingerprint density at radius 2 is 1.71 bits per heavy atom. The summed E-state index contributed by atoms with van der Waals surface area (Å²) in [6.07, 6.45) is 8.27. The maximum Gasteiger partial charge on any atom is 0.573 e. The van der Waals surface area contributed by atoms with Crippen LogP contribution in [0, 0.1) is 35.3 Å². The predicted molar refractivity (Wildman–Crippen MR) is 98.6 cm³/mol. The Hall–Kier alpha value is -2.03. The van der Waals surface area contributed by atoms with Gasteiger partial charge in [-0.25, -0.2) is 8.78 Å². The van der Waals surface area contributed by atoms with Crippen molar-refractivity contribution < 1.29 is 26.7 Å². The first kappa shape index (κ1) is 22.3. The van der Waals surface area contributed by atoms with Crippen LogP contribution in [0.3, 0.4) is 0 Å². The third-order valence-electron chi connectivity index (χ3n) is 4.99. The Labute approximate surface area is 163 Å². The topological polar surface area (TPSA) is 9.23 Å². The Kier molecular flexibility index (Phi) is 8.35. The van der Waals surface area contributed by atoms with Crippen LogP contribution in [0.25, 0.3) is 0 Å². The molecule has 0 atom stereocenters. The second-order valence-electron chi connectivity index (χ2n) is 7.22. The lowest BCUT2D eigenvalue weighted by Crippen LogP contribution is -2.19. The van der Waals surface area contributed by atoms with Gasteiger partial charge in [0.25, 0.3) is 0 Å². The van der Waals surface area contributed by atoms with Gasteiger partial charge in [0.2, 0.25) is 5.75 Å². The molecule has 28 heavy (non-hydrogen) atoms. The molecule has 0 bridgehead atoms. The number of ether oxygens (including phenoxy) is 1. The van der Waals surface area contributed by atoms with Crippen LogP contribution in [0.5, 0.6) is 5.75 Å². The van der Waals surface area contributed by atoms with E-state index in [1.54, 1.807) is 6.08 Å². The highest BCUT2D eigenvalue weighted by atomic mass is 19.4. The summed E-state index contributed by atoms with van der Waals surface area (Å²) in [4.78, 5) is 0. The summed E-state index contributed by atoms with van der Waals surface area (Å²) in [5, 5.41) is 0. The van der Waals surface area contributed by atoms with E-state index in [4.69, 9.17) is 0 Å². The minimum atomic E-state index is -5.16. The average molecular weight is 400 g/mol. The van der Waals surface area contributed by atoms with E-state index in [0.717, 1.165) is 30.9 Å². The summed E-state index contributed by atoms with van der Waals surface area (Å²) in [5.74, 6) is 2.16. The van der Waals surface area contributed by atoms with Crippen LogP contribution in [-0.4, -0.2) is 6.36 Å². The van der Waals surface area contributed by atoms with Crippen molar-refractivity contribution in [2.24, 2.45) is 11.8 Å². The Morgan fingerprint density at radius 3 is 2.29 bits per heavy atom. The number of hydrogen-bond acceptors (Lipinski definition) is 1. The molecule has 1 nitrogen and oxygen atoms in total. The van der Waals surface area contributed by atoms with Gasteiger partial charge in [0.15, 0.2) is 11.6 Å². The molecular weight excluding hydrogens is 375 g/mol. The monoisotopic (exact) mass is 400 g/mol. The normalized spacial score (nSPS) is 20.1. The van der Waals surface area contributed by atoms with E-state index < -0.39 is 23.7 Å². The molecule has 1 fully saturated rings. The third kappa shape index (κ3) is 7.53. The zero-order valence-electron chi connectivity index (χ0n) is 15.9. The summed E-state index contributed by atoms with van der Waals surface area (Å²) in [7, 11) is 0. The lowest BCUT2D eigenvalue weighted by molar-refractivity contribution is -0.276. The third-order valence-corrected chi connectivity index (χ3v) is 4.99. The first-order valence-electron chi connectivity index (χ1n) is 9.71. The van der Waals surface area contributed by atoms with Crippen molar-refractivity contribution in [1.29, 1.82) is 0 Å². The second-order valence-corrected chi connectivity index (χ2v) is 7.22. The number of benzene rings is 1. The standard InChI is InChI=1S/C22H25F5O/c1-2-3-4-7-16-10-12-17(13-11-16)8-5-6-9-18-14-19(23)21(20(24)15-18)28-22(25,26)27/h5,8,14-17H,2-4,7,10-13H2,1H3/b8-5+/t16-,17-. The summed E-state index contributed by atoms with van der Waals surface area (Å²) in [6.45, 7) is 2.20. The number of unbranched alkanes of at least 4 members (excludes halogenated alkanes) is 2. The molecule has 0 unspecified atom stereocenters. The molecule has 0 aliphatic heterocycles. The van der Waals surface area contributed by atoms with Crippen molar-refractivity contribution in [1.82, 2.24) is 0 Å². The van der Waals surface area contributed by atoms with Gasteiger partial charge in [-0.3, -0.25) is 0 Å². The quantitative estimate of drug-likeness (QED) is 0.280. The number of rotatable bonds is 6. The molecule has 154 valence electrons. The summed E-state index contributed by atoms with van der Waals surface area (Å²) in [5.41, 5.74) is -0.0474. The highest BCUT2D eigenvalue weighted by molar-refractivity contribution is 5.42. The molecule has 0 heterocycles. The van der Waals surface area contributed by atoms with Gasteiger partial charge in [0.1, 0.15) is 0 Å². The van der Waals surface area contributed by atoms with E-state index in [-0.39, 0.29) is 5.56 Å². The Bertz CT molecular complexity index is 696. The number of halogens is 5. The fourth-order valence-corrected chi connectivity index (χ4v) is 3.51. The highest BCUT2D eigenvalue weighted by Gasteiger charge is 2.34. The second kappa shape index (κ2) is 10.5. The number of alkyl halides is 3. The van der Waals surface area contributed by atoms with Gasteiger partial charge < -0.3 is 4.74 Å². The summed E-state index contributed by atoms with van der Waals surface area (Å²) in [6, 6.07) is 1.46. The van der Waals surface area contributed by atoms with E-state index >= 15 is 0 Å². The fourth-order valence-electron chi connectivity index (χ4n) is 3.51. The molecule has 1 saturated carbocycles. The van der Waals surface area contributed by atoms with Crippen LogP contribution in [-0.2, 0) is 0 Å². The van der Waals surface area contributed by atoms with Crippen LogP contribution < -0.4 is 4.74 Å². The van der Waals surface area contributed by atoms with Crippen LogP contribution >= 0.6 is 0 Å². The van der Waals surface area contributed by atoms with Crippen molar-refractivity contribution >= 4 is 0 Å². The maximum atomic E-state index is 13.6. The molecule has 1 aromatic carbocycles. The molecule has 0 radical (unpaired) electrons. The van der Waals surface area contributed by atoms with E-state index in [2.05, 4.69) is 23.5 Å². The Morgan fingerprint density at radius 1 is 1.07 bits per heavy atom. The van der Waals surface area contributed by atoms with E-state index in [1.807, 2.05) is 6.08 Å². The van der Waals surface area contributed by atoms with Gasteiger partial charge >= 0.3 is 6.36 Å². The Balaban J connectivity index is 1.87. The largest absolute Gasteiger partial charge is 0.573 e.